The summed E-state index contributed by atoms with van der Waals surface area (Å²) < 4.78 is 4.64. The zero-order valence-corrected chi connectivity index (χ0v) is 16.8. The van der Waals surface area contributed by atoms with Crippen LogP contribution >= 0.6 is 0 Å². The third-order valence-electron chi connectivity index (χ3n) is 4.89. The van der Waals surface area contributed by atoms with Crippen molar-refractivity contribution in [1.29, 1.82) is 0 Å². The molecule has 0 aliphatic carbocycles. The van der Waals surface area contributed by atoms with Crippen molar-refractivity contribution in [2.24, 2.45) is 4.99 Å². The second-order valence-corrected chi connectivity index (χ2v) is 7.04. The minimum absolute atomic E-state index is 0.152. The van der Waals surface area contributed by atoms with Crippen LogP contribution < -0.4 is 10.6 Å². The average molecular weight is 375 g/mol. The van der Waals surface area contributed by atoms with E-state index in [0.717, 1.165) is 38.4 Å². The minimum Gasteiger partial charge on any atom is -0.469 e. The van der Waals surface area contributed by atoms with Crippen LogP contribution in [0, 0.1) is 0 Å². The monoisotopic (exact) mass is 374 g/mol. The summed E-state index contributed by atoms with van der Waals surface area (Å²) in [6, 6.07) is 8.84. The quantitative estimate of drug-likeness (QED) is 0.301. The Kier molecular flexibility index (Phi) is 9.69. The molecule has 150 valence electrons. The molecule has 1 aromatic carbocycles. The highest BCUT2D eigenvalue weighted by Crippen LogP contribution is 2.13. The van der Waals surface area contributed by atoms with E-state index in [1.54, 1.807) is 7.05 Å². The number of methoxy groups -OCH3 is 1. The molecular weight excluding hydrogens is 340 g/mol. The summed E-state index contributed by atoms with van der Waals surface area (Å²) in [6.45, 7) is 5.04. The Bertz CT molecular complexity index is 580. The molecule has 0 spiro atoms. The van der Waals surface area contributed by atoms with E-state index in [9.17, 15) is 4.79 Å². The first-order valence-corrected chi connectivity index (χ1v) is 10.0. The average Bonchev–Trinajstić information content (AvgIpc) is 2.71. The minimum atomic E-state index is -0.152. The van der Waals surface area contributed by atoms with E-state index in [1.165, 1.54) is 50.6 Å². The van der Waals surface area contributed by atoms with Gasteiger partial charge in [0.1, 0.15) is 0 Å². The second-order valence-electron chi connectivity index (χ2n) is 7.04. The van der Waals surface area contributed by atoms with Crippen molar-refractivity contribution in [3.63, 3.8) is 0 Å². The van der Waals surface area contributed by atoms with Gasteiger partial charge in [0.2, 0.25) is 0 Å². The summed E-state index contributed by atoms with van der Waals surface area (Å²) in [6.07, 6.45) is 6.22. The molecule has 1 aromatic rings. The van der Waals surface area contributed by atoms with Crippen molar-refractivity contribution in [3.05, 3.63) is 35.4 Å². The standard InChI is InChI=1S/C21H34N4O2/c1-22-21(23-13-5-4-8-20(26)27-2)24-16-18-9-11-19(12-10-18)17-25-14-6-3-7-15-25/h9-12H,3-8,13-17H2,1-2H3,(H2,22,23,24). The lowest BCUT2D eigenvalue weighted by molar-refractivity contribution is -0.140. The number of aliphatic imine (C=N–C) groups is 1. The molecule has 0 amide bonds. The van der Waals surface area contributed by atoms with E-state index in [1.807, 2.05) is 0 Å². The number of hydrogen-bond donors (Lipinski definition) is 2. The van der Waals surface area contributed by atoms with Gasteiger partial charge in [-0.3, -0.25) is 14.7 Å². The number of nitrogens with one attached hydrogen (secondary N) is 2. The molecule has 0 saturated carbocycles. The highest BCUT2D eigenvalue weighted by Gasteiger charge is 2.10. The van der Waals surface area contributed by atoms with Gasteiger partial charge in [0.15, 0.2) is 5.96 Å². The number of carbonyl (C=O) groups is 1. The third kappa shape index (κ3) is 8.43. The van der Waals surface area contributed by atoms with Gasteiger partial charge < -0.3 is 15.4 Å². The van der Waals surface area contributed by atoms with E-state index >= 15 is 0 Å². The normalized spacial score (nSPS) is 15.4. The van der Waals surface area contributed by atoms with Crippen molar-refractivity contribution in [2.75, 3.05) is 33.8 Å². The van der Waals surface area contributed by atoms with Gasteiger partial charge in [0.05, 0.1) is 7.11 Å². The number of hydrogen-bond acceptors (Lipinski definition) is 4. The van der Waals surface area contributed by atoms with E-state index < -0.39 is 0 Å². The van der Waals surface area contributed by atoms with Crippen LogP contribution in [0.4, 0.5) is 0 Å². The fourth-order valence-corrected chi connectivity index (χ4v) is 3.25. The highest BCUT2D eigenvalue weighted by molar-refractivity contribution is 5.79. The number of carbonyl (C=O) groups excluding carboxylic acids is 1. The van der Waals surface area contributed by atoms with Crippen LogP contribution in [0.2, 0.25) is 0 Å². The van der Waals surface area contributed by atoms with Gasteiger partial charge in [-0.1, -0.05) is 30.7 Å². The molecule has 6 nitrogen and oxygen atoms in total. The maximum absolute atomic E-state index is 11.1. The van der Waals surface area contributed by atoms with E-state index in [0.29, 0.717) is 6.42 Å². The summed E-state index contributed by atoms with van der Waals surface area (Å²) in [5, 5.41) is 6.61. The van der Waals surface area contributed by atoms with Crippen LogP contribution in [0.3, 0.4) is 0 Å². The fraction of sp³-hybridized carbons (Fsp3) is 0.619. The van der Waals surface area contributed by atoms with Crippen LogP contribution in [0.5, 0.6) is 0 Å². The van der Waals surface area contributed by atoms with Gasteiger partial charge >= 0.3 is 5.97 Å². The van der Waals surface area contributed by atoms with Crippen LogP contribution in [0.1, 0.15) is 49.7 Å². The van der Waals surface area contributed by atoms with Crippen LogP contribution in [0.25, 0.3) is 0 Å². The number of unbranched alkanes of at least 4 members (excludes halogenated alkanes) is 1. The lowest BCUT2D eigenvalue weighted by Gasteiger charge is -2.26. The molecule has 1 aliphatic rings. The first-order chi connectivity index (χ1) is 13.2. The molecule has 0 aromatic heterocycles. The van der Waals surface area contributed by atoms with Gasteiger partial charge in [-0.25, -0.2) is 0 Å². The van der Waals surface area contributed by atoms with Crippen molar-refractivity contribution in [2.45, 2.75) is 51.6 Å². The maximum Gasteiger partial charge on any atom is 0.305 e. The number of piperidine rings is 1. The first kappa shape index (κ1) is 21.2. The van der Waals surface area contributed by atoms with Crippen LogP contribution in [-0.4, -0.2) is 50.6 Å². The van der Waals surface area contributed by atoms with Crippen molar-refractivity contribution < 1.29 is 9.53 Å². The molecule has 1 heterocycles. The van der Waals surface area contributed by atoms with Gasteiger partial charge in [-0.2, -0.15) is 0 Å². The summed E-state index contributed by atoms with van der Waals surface area (Å²) in [5.41, 5.74) is 2.62. The van der Waals surface area contributed by atoms with E-state index in [2.05, 4.69) is 49.5 Å². The number of nitrogens with zero attached hydrogens (tertiary/aromatic N) is 2. The molecule has 1 fully saturated rings. The molecule has 1 saturated heterocycles. The largest absolute Gasteiger partial charge is 0.469 e. The Labute approximate surface area is 163 Å². The lowest BCUT2D eigenvalue weighted by atomic mass is 10.1. The number of ether oxygens (including phenoxy) is 1. The first-order valence-electron chi connectivity index (χ1n) is 10.0. The van der Waals surface area contributed by atoms with Gasteiger partial charge in [-0.15, -0.1) is 0 Å². The molecule has 0 bridgehead atoms. The Morgan fingerprint density at radius 1 is 1.07 bits per heavy atom. The topological polar surface area (TPSA) is 66.0 Å². The van der Waals surface area contributed by atoms with Gasteiger partial charge in [0, 0.05) is 33.1 Å². The molecular formula is C21H34N4O2. The number of benzene rings is 1. The van der Waals surface area contributed by atoms with Gasteiger partial charge in [0.25, 0.3) is 0 Å². The Morgan fingerprint density at radius 2 is 1.78 bits per heavy atom. The molecule has 2 N–H and O–H groups in total. The Hall–Kier alpha value is -2.08. The predicted molar refractivity (Wildman–Crippen MR) is 110 cm³/mol. The molecule has 0 unspecified atom stereocenters. The summed E-state index contributed by atoms with van der Waals surface area (Å²) >= 11 is 0. The fourth-order valence-electron chi connectivity index (χ4n) is 3.25. The number of rotatable bonds is 9. The zero-order valence-electron chi connectivity index (χ0n) is 16.8. The second kappa shape index (κ2) is 12.3. The number of esters is 1. The molecule has 27 heavy (non-hydrogen) atoms. The molecule has 0 radical (unpaired) electrons. The lowest BCUT2D eigenvalue weighted by Crippen LogP contribution is -2.37. The Morgan fingerprint density at radius 3 is 2.44 bits per heavy atom. The molecule has 1 aliphatic heterocycles. The zero-order chi connectivity index (χ0) is 19.3. The van der Waals surface area contributed by atoms with Crippen molar-refractivity contribution in [3.8, 4) is 0 Å². The molecule has 2 rings (SSSR count). The van der Waals surface area contributed by atoms with Crippen molar-refractivity contribution in [1.82, 2.24) is 15.5 Å². The van der Waals surface area contributed by atoms with Crippen LogP contribution in [-0.2, 0) is 22.6 Å². The smallest absolute Gasteiger partial charge is 0.305 e. The number of likely N-dealkylation sites (tertiary alicyclic amines) is 1. The number of guanidine groups is 1. The maximum atomic E-state index is 11.1. The highest BCUT2D eigenvalue weighted by atomic mass is 16.5. The Balaban J connectivity index is 1.65. The summed E-state index contributed by atoms with van der Waals surface area (Å²) in [4.78, 5) is 17.9. The summed E-state index contributed by atoms with van der Waals surface area (Å²) in [7, 11) is 3.19. The summed E-state index contributed by atoms with van der Waals surface area (Å²) in [5.74, 6) is 0.631. The predicted octanol–water partition coefficient (Wildman–Crippen LogP) is 2.68. The van der Waals surface area contributed by atoms with E-state index in [-0.39, 0.29) is 5.97 Å². The van der Waals surface area contributed by atoms with Gasteiger partial charge in [-0.05, 0) is 49.9 Å². The third-order valence-corrected chi connectivity index (χ3v) is 4.89. The molecule has 0 atom stereocenters. The van der Waals surface area contributed by atoms with Crippen LogP contribution in [0.15, 0.2) is 29.3 Å². The SMILES string of the molecule is CN=C(NCCCCC(=O)OC)NCc1ccc(CN2CCCCC2)cc1. The molecule has 6 heteroatoms. The van der Waals surface area contributed by atoms with E-state index in [4.69, 9.17) is 0 Å². The van der Waals surface area contributed by atoms with Crippen molar-refractivity contribution >= 4 is 11.9 Å².